The molecule has 4 nitrogen and oxygen atoms in total. The van der Waals surface area contributed by atoms with Crippen molar-refractivity contribution in [3.63, 3.8) is 0 Å². The fraction of sp³-hybridized carbons (Fsp3) is 0. The van der Waals surface area contributed by atoms with Crippen molar-refractivity contribution in [1.82, 2.24) is 0 Å². The maximum absolute atomic E-state index is 14.2. The number of nitrogens with one attached hydrogen (secondary N) is 1. The SMILES string of the molecule is O=C(c1ccccc1)c1ccccc1NC(=O)c1c(-c2ccccc2C(=O)c2ccccc2)ccc2ccccc12. The number of amides is 1. The number of hydrogen-bond acceptors (Lipinski definition) is 3. The highest BCUT2D eigenvalue weighted by Crippen LogP contribution is 2.34. The summed E-state index contributed by atoms with van der Waals surface area (Å²) in [4.78, 5) is 41.1. The Kier molecular flexibility index (Phi) is 7.04. The minimum absolute atomic E-state index is 0.125. The molecule has 0 bridgehead atoms. The van der Waals surface area contributed by atoms with E-state index in [9.17, 15) is 14.4 Å². The van der Waals surface area contributed by atoms with Crippen molar-refractivity contribution < 1.29 is 14.4 Å². The van der Waals surface area contributed by atoms with Crippen molar-refractivity contribution in [3.8, 4) is 11.1 Å². The number of benzene rings is 6. The van der Waals surface area contributed by atoms with Crippen molar-refractivity contribution in [2.75, 3.05) is 5.32 Å². The number of rotatable bonds is 7. The van der Waals surface area contributed by atoms with Gasteiger partial charge in [0, 0.05) is 22.3 Å². The average molecular weight is 532 g/mol. The highest BCUT2D eigenvalue weighted by atomic mass is 16.2. The van der Waals surface area contributed by atoms with Gasteiger partial charge in [0.25, 0.3) is 5.91 Å². The van der Waals surface area contributed by atoms with Gasteiger partial charge in [0.1, 0.15) is 0 Å². The summed E-state index contributed by atoms with van der Waals surface area (Å²) in [5.41, 5.74) is 4.14. The van der Waals surface area contributed by atoms with Crippen LogP contribution < -0.4 is 5.32 Å². The van der Waals surface area contributed by atoms with Gasteiger partial charge in [0.15, 0.2) is 11.6 Å². The van der Waals surface area contributed by atoms with Crippen LogP contribution in [-0.4, -0.2) is 17.5 Å². The van der Waals surface area contributed by atoms with Gasteiger partial charge in [-0.3, -0.25) is 14.4 Å². The highest BCUT2D eigenvalue weighted by molar-refractivity contribution is 6.21. The zero-order chi connectivity index (χ0) is 28.2. The first-order valence-corrected chi connectivity index (χ1v) is 13.3. The molecule has 41 heavy (non-hydrogen) atoms. The van der Waals surface area contributed by atoms with E-state index in [2.05, 4.69) is 5.32 Å². The lowest BCUT2D eigenvalue weighted by Gasteiger charge is -2.17. The zero-order valence-corrected chi connectivity index (χ0v) is 22.1. The molecule has 0 radical (unpaired) electrons. The van der Waals surface area contributed by atoms with Gasteiger partial charge in [0.2, 0.25) is 0 Å². The van der Waals surface area contributed by atoms with Crippen LogP contribution in [-0.2, 0) is 0 Å². The van der Waals surface area contributed by atoms with Crippen LogP contribution in [0.1, 0.15) is 42.2 Å². The Balaban J connectivity index is 1.47. The van der Waals surface area contributed by atoms with Crippen LogP contribution in [0.3, 0.4) is 0 Å². The van der Waals surface area contributed by atoms with Gasteiger partial charge in [-0.2, -0.15) is 0 Å². The lowest BCUT2D eigenvalue weighted by Crippen LogP contribution is -2.17. The van der Waals surface area contributed by atoms with Crippen molar-refractivity contribution in [2.45, 2.75) is 0 Å². The molecule has 6 aromatic rings. The normalized spacial score (nSPS) is 10.7. The summed E-state index contributed by atoms with van der Waals surface area (Å²) in [6.07, 6.45) is 0. The first-order valence-electron chi connectivity index (χ1n) is 13.3. The molecule has 0 spiro atoms. The molecule has 196 valence electrons. The molecule has 0 saturated carbocycles. The molecule has 0 aromatic heterocycles. The molecular formula is C37H25NO3. The summed E-state index contributed by atoms with van der Waals surface area (Å²) in [5, 5.41) is 4.65. The fourth-order valence-electron chi connectivity index (χ4n) is 5.12. The van der Waals surface area contributed by atoms with Crippen molar-refractivity contribution in [2.24, 2.45) is 0 Å². The van der Waals surface area contributed by atoms with Gasteiger partial charge >= 0.3 is 0 Å². The topological polar surface area (TPSA) is 63.2 Å². The second-order valence-corrected chi connectivity index (χ2v) is 9.64. The summed E-state index contributed by atoms with van der Waals surface area (Å²) >= 11 is 0. The standard InChI is InChI=1S/C37H25NO3/c39-35(26-14-3-1-4-15-26)31-20-10-9-19-29(31)30-24-23-25-13-7-8-18-28(25)34(30)37(41)38-33-22-12-11-21-32(33)36(40)27-16-5-2-6-17-27/h1-24H,(H,38,41). The Labute approximate surface area is 237 Å². The summed E-state index contributed by atoms with van der Waals surface area (Å²) in [6, 6.07) is 43.9. The zero-order valence-electron chi connectivity index (χ0n) is 22.1. The minimum atomic E-state index is -0.368. The lowest BCUT2D eigenvalue weighted by atomic mass is 9.88. The molecule has 6 rings (SSSR count). The quantitative estimate of drug-likeness (QED) is 0.211. The predicted octanol–water partition coefficient (Wildman–Crippen LogP) is 8.22. The summed E-state index contributed by atoms with van der Waals surface area (Å²) < 4.78 is 0. The molecular weight excluding hydrogens is 506 g/mol. The second-order valence-electron chi connectivity index (χ2n) is 9.64. The molecule has 0 fully saturated rings. The van der Waals surface area contributed by atoms with Gasteiger partial charge in [-0.1, -0.05) is 133 Å². The third-order valence-electron chi connectivity index (χ3n) is 7.11. The van der Waals surface area contributed by atoms with E-state index in [1.165, 1.54) is 0 Å². The van der Waals surface area contributed by atoms with E-state index in [0.717, 1.165) is 10.8 Å². The van der Waals surface area contributed by atoms with Crippen LogP contribution in [0.2, 0.25) is 0 Å². The van der Waals surface area contributed by atoms with Gasteiger partial charge < -0.3 is 5.32 Å². The number of anilines is 1. The molecule has 1 N–H and O–H groups in total. The van der Waals surface area contributed by atoms with Crippen molar-refractivity contribution in [1.29, 1.82) is 0 Å². The summed E-state index contributed by atoms with van der Waals surface area (Å²) in [5.74, 6) is -0.676. The third-order valence-corrected chi connectivity index (χ3v) is 7.11. The Hall–Kier alpha value is -5.61. The monoisotopic (exact) mass is 531 g/mol. The highest BCUT2D eigenvalue weighted by Gasteiger charge is 2.23. The van der Waals surface area contributed by atoms with E-state index in [0.29, 0.717) is 44.6 Å². The molecule has 0 atom stereocenters. The number of carbonyl (C=O) groups excluding carboxylic acids is 3. The van der Waals surface area contributed by atoms with Crippen LogP contribution in [0.4, 0.5) is 5.69 Å². The molecule has 0 aliphatic heterocycles. The number of para-hydroxylation sites is 1. The van der Waals surface area contributed by atoms with Crippen LogP contribution in [0.15, 0.2) is 146 Å². The van der Waals surface area contributed by atoms with Crippen molar-refractivity contribution in [3.05, 3.63) is 173 Å². The lowest BCUT2D eigenvalue weighted by molar-refractivity contribution is 0.102. The molecule has 0 unspecified atom stereocenters. The largest absolute Gasteiger partial charge is 0.321 e. The van der Waals surface area contributed by atoms with Gasteiger partial charge in [-0.15, -0.1) is 0 Å². The first-order chi connectivity index (χ1) is 20.1. The van der Waals surface area contributed by atoms with Crippen LogP contribution in [0.25, 0.3) is 21.9 Å². The maximum atomic E-state index is 14.2. The van der Waals surface area contributed by atoms with Crippen LogP contribution in [0, 0.1) is 0 Å². The minimum Gasteiger partial charge on any atom is -0.321 e. The molecule has 0 heterocycles. The third kappa shape index (κ3) is 5.07. The summed E-state index contributed by atoms with van der Waals surface area (Å²) in [7, 11) is 0. The maximum Gasteiger partial charge on any atom is 0.256 e. The Morgan fingerprint density at radius 2 is 0.976 bits per heavy atom. The summed E-state index contributed by atoms with van der Waals surface area (Å²) in [6.45, 7) is 0. The van der Waals surface area contributed by atoms with E-state index in [1.54, 1.807) is 54.6 Å². The van der Waals surface area contributed by atoms with E-state index >= 15 is 0 Å². The number of carbonyl (C=O) groups is 3. The molecule has 0 aliphatic carbocycles. The Morgan fingerprint density at radius 1 is 0.439 bits per heavy atom. The van der Waals surface area contributed by atoms with Gasteiger partial charge in [-0.25, -0.2) is 0 Å². The average Bonchev–Trinajstić information content (AvgIpc) is 3.04. The van der Waals surface area contributed by atoms with E-state index < -0.39 is 0 Å². The Bertz CT molecular complexity index is 1910. The van der Waals surface area contributed by atoms with Gasteiger partial charge in [-0.05, 0) is 34.0 Å². The van der Waals surface area contributed by atoms with Crippen LogP contribution >= 0.6 is 0 Å². The first kappa shape index (κ1) is 25.7. The predicted molar refractivity (Wildman–Crippen MR) is 164 cm³/mol. The number of ketones is 2. The molecule has 6 aromatic carbocycles. The van der Waals surface area contributed by atoms with E-state index in [1.807, 2.05) is 91.0 Å². The smallest absolute Gasteiger partial charge is 0.256 e. The van der Waals surface area contributed by atoms with Crippen LogP contribution in [0.5, 0.6) is 0 Å². The van der Waals surface area contributed by atoms with Gasteiger partial charge in [0.05, 0.1) is 11.3 Å². The van der Waals surface area contributed by atoms with E-state index in [-0.39, 0.29) is 17.5 Å². The Morgan fingerprint density at radius 3 is 1.68 bits per heavy atom. The molecule has 4 heteroatoms. The van der Waals surface area contributed by atoms with Crippen molar-refractivity contribution >= 4 is 33.9 Å². The molecule has 0 aliphatic rings. The van der Waals surface area contributed by atoms with E-state index in [4.69, 9.17) is 0 Å². The second kappa shape index (κ2) is 11.2. The molecule has 1 amide bonds. The number of hydrogen-bond donors (Lipinski definition) is 1. The molecule has 0 saturated heterocycles. The fourth-order valence-corrected chi connectivity index (χ4v) is 5.12. The number of fused-ring (bicyclic) bond motifs is 1.